The van der Waals surface area contributed by atoms with E-state index < -0.39 is 0 Å². The Balaban J connectivity index is 1.73. The fourth-order valence-electron chi connectivity index (χ4n) is 2.93. The molecular weight excluding hydrogens is 356 g/mol. The van der Waals surface area contributed by atoms with Gasteiger partial charge in [0.1, 0.15) is 18.4 Å². The molecule has 28 heavy (non-hydrogen) atoms. The molecule has 0 atom stereocenters. The van der Waals surface area contributed by atoms with E-state index in [4.69, 9.17) is 13.9 Å². The van der Waals surface area contributed by atoms with E-state index in [1.54, 1.807) is 12.5 Å². The van der Waals surface area contributed by atoms with Crippen LogP contribution in [0.25, 0.3) is 22.4 Å². The van der Waals surface area contributed by atoms with Gasteiger partial charge in [-0.25, -0.2) is 15.0 Å². The maximum Gasteiger partial charge on any atom is 0.225 e. The van der Waals surface area contributed by atoms with Crippen molar-refractivity contribution >= 4 is 22.4 Å². The second kappa shape index (κ2) is 7.96. The molecule has 0 unspecified atom stereocenters. The van der Waals surface area contributed by atoms with Crippen LogP contribution in [0.3, 0.4) is 0 Å². The van der Waals surface area contributed by atoms with E-state index in [1.807, 2.05) is 50.2 Å². The number of oxazole rings is 1. The summed E-state index contributed by atoms with van der Waals surface area (Å²) in [5.41, 5.74) is 2.51. The number of hydrogen-bond donors (Lipinski definition) is 1. The van der Waals surface area contributed by atoms with Gasteiger partial charge in [0.15, 0.2) is 11.5 Å². The molecule has 0 radical (unpaired) electrons. The molecule has 2 aromatic heterocycles. The van der Waals surface area contributed by atoms with Crippen LogP contribution in [0.4, 0.5) is 11.5 Å². The van der Waals surface area contributed by atoms with Gasteiger partial charge in [-0.3, -0.25) is 0 Å². The first-order chi connectivity index (χ1) is 13.8. The highest BCUT2D eigenvalue weighted by Crippen LogP contribution is 2.35. The van der Waals surface area contributed by atoms with Crippen molar-refractivity contribution in [3.8, 4) is 23.0 Å². The fraction of sp³-hybridized carbons (Fsp3) is 0.190. The lowest BCUT2D eigenvalue weighted by atomic mass is 10.1. The van der Waals surface area contributed by atoms with Gasteiger partial charge in [-0.2, -0.15) is 0 Å². The highest BCUT2D eigenvalue weighted by molar-refractivity contribution is 5.93. The van der Waals surface area contributed by atoms with E-state index in [-0.39, 0.29) is 0 Å². The summed E-state index contributed by atoms with van der Waals surface area (Å²) in [7, 11) is 0. The molecule has 7 nitrogen and oxygen atoms in total. The van der Waals surface area contributed by atoms with Crippen LogP contribution < -0.4 is 14.8 Å². The predicted molar refractivity (Wildman–Crippen MR) is 107 cm³/mol. The van der Waals surface area contributed by atoms with Crippen molar-refractivity contribution in [2.45, 2.75) is 13.8 Å². The minimum absolute atomic E-state index is 0.542. The number of nitrogens with one attached hydrogen (secondary N) is 1. The Morgan fingerprint density at radius 2 is 1.79 bits per heavy atom. The van der Waals surface area contributed by atoms with Crippen molar-refractivity contribution < 1.29 is 13.9 Å². The monoisotopic (exact) mass is 376 g/mol. The van der Waals surface area contributed by atoms with Crippen LogP contribution in [0.5, 0.6) is 11.5 Å². The molecule has 4 aromatic rings. The van der Waals surface area contributed by atoms with Crippen LogP contribution >= 0.6 is 0 Å². The van der Waals surface area contributed by atoms with Crippen molar-refractivity contribution in [2.24, 2.45) is 0 Å². The van der Waals surface area contributed by atoms with Gasteiger partial charge in [0.25, 0.3) is 0 Å². The summed E-state index contributed by atoms with van der Waals surface area (Å²) < 4.78 is 16.8. The summed E-state index contributed by atoms with van der Waals surface area (Å²) in [6.45, 7) is 4.97. The number of fused-ring (bicyclic) bond motifs is 1. The highest BCUT2D eigenvalue weighted by Gasteiger charge is 2.12. The Morgan fingerprint density at radius 1 is 0.964 bits per heavy atom. The highest BCUT2D eigenvalue weighted by atomic mass is 16.5. The number of hydrogen-bond acceptors (Lipinski definition) is 7. The molecule has 2 heterocycles. The largest absolute Gasteiger partial charge is 0.490 e. The number of rotatable bonds is 7. The molecule has 0 spiro atoms. The van der Waals surface area contributed by atoms with Crippen LogP contribution in [0.1, 0.15) is 13.8 Å². The Morgan fingerprint density at radius 3 is 2.54 bits per heavy atom. The lowest BCUT2D eigenvalue weighted by Gasteiger charge is -2.14. The Hall–Kier alpha value is -3.61. The lowest BCUT2D eigenvalue weighted by Crippen LogP contribution is -2.01. The minimum atomic E-state index is 0.542. The summed E-state index contributed by atoms with van der Waals surface area (Å²) >= 11 is 0. The zero-order valence-corrected chi connectivity index (χ0v) is 15.7. The molecule has 4 rings (SSSR count). The molecule has 0 fully saturated rings. The van der Waals surface area contributed by atoms with E-state index in [0.717, 1.165) is 22.2 Å². The van der Waals surface area contributed by atoms with Crippen LogP contribution in [0.15, 0.2) is 59.6 Å². The Kier molecular flexibility index (Phi) is 5.05. The topological polar surface area (TPSA) is 82.3 Å². The molecule has 0 aliphatic heterocycles. The number of aromatic nitrogens is 3. The molecule has 0 saturated heterocycles. The summed E-state index contributed by atoms with van der Waals surface area (Å²) in [6, 6.07) is 11.6. The molecule has 0 bridgehead atoms. The predicted octanol–water partition coefficient (Wildman–Crippen LogP) is 4.83. The molecule has 7 heteroatoms. The SMILES string of the molecule is CCOc1cc2ncnc(Nc3cccc(-c4ncco4)c3)c2cc1OCC. The van der Waals surface area contributed by atoms with Crippen LogP contribution in [0, 0.1) is 0 Å². The van der Waals surface area contributed by atoms with Crippen LogP contribution in [-0.2, 0) is 0 Å². The molecule has 0 aliphatic rings. The molecular formula is C21H20N4O3. The van der Waals surface area contributed by atoms with Crippen molar-refractivity contribution in [1.82, 2.24) is 15.0 Å². The molecule has 0 saturated carbocycles. The van der Waals surface area contributed by atoms with Gasteiger partial charge >= 0.3 is 0 Å². The summed E-state index contributed by atoms with van der Waals surface area (Å²) in [5.74, 6) is 2.59. The van der Waals surface area contributed by atoms with Gasteiger partial charge in [0, 0.05) is 22.7 Å². The zero-order chi connectivity index (χ0) is 19.3. The number of benzene rings is 2. The number of anilines is 2. The quantitative estimate of drug-likeness (QED) is 0.495. The van der Waals surface area contributed by atoms with Gasteiger partial charge in [-0.15, -0.1) is 0 Å². The Bertz CT molecular complexity index is 1080. The molecule has 2 aromatic carbocycles. The van der Waals surface area contributed by atoms with E-state index in [1.165, 1.54) is 6.33 Å². The molecule has 1 N–H and O–H groups in total. The smallest absolute Gasteiger partial charge is 0.225 e. The maximum absolute atomic E-state index is 5.74. The van der Waals surface area contributed by atoms with Crippen LogP contribution in [0.2, 0.25) is 0 Å². The first-order valence-corrected chi connectivity index (χ1v) is 9.09. The Labute approximate surface area is 162 Å². The third kappa shape index (κ3) is 3.59. The van der Waals surface area contributed by atoms with E-state index in [2.05, 4.69) is 20.3 Å². The van der Waals surface area contributed by atoms with Crippen LogP contribution in [-0.4, -0.2) is 28.2 Å². The summed E-state index contributed by atoms with van der Waals surface area (Å²) in [4.78, 5) is 13.0. The van der Waals surface area contributed by atoms with E-state index in [0.29, 0.717) is 36.4 Å². The molecule has 0 amide bonds. The number of ether oxygens (including phenoxy) is 2. The van der Waals surface area contributed by atoms with E-state index in [9.17, 15) is 0 Å². The molecule has 0 aliphatic carbocycles. The average molecular weight is 376 g/mol. The standard InChI is InChI=1S/C21H20N4O3/c1-3-26-18-11-16-17(12-19(18)27-4-2)23-13-24-20(16)25-15-7-5-6-14(10-15)21-22-8-9-28-21/h5-13H,3-4H2,1-2H3,(H,23,24,25). The van der Waals surface area contributed by atoms with Gasteiger partial charge in [0.05, 0.1) is 24.9 Å². The van der Waals surface area contributed by atoms with Gasteiger partial charge in [-0.05, 0) is 38.1 Å². The van der Waals surface area contributed by atoms with Crippen molar-refractivity contribution in [1.29, 1.82) is 0 Å². The number of nitrogens with zero attached hydrogens (tertiary/aromatic N) is 3. The summed E-state index contributed by atoms with van der Waals surface area (Å²) in [6.07, 6.45) is 4.70. The van der Waals surface area contributed by atoms with Gasteiger partial charge in [-0.1, -0.05) is 6.07 Å². The lowest BCUT2D eigenvalue weighted by molar-refractivity contribution is 0.288. The normalized spacial score (nSPS) is 10.8. The first kappa shape index (κ1) is 17.8. The van der Waals surface area contributed by atoms with Crippen molar-refractivity contribution in [3.63, 3.8) is 0 Å². The third-order valence-electron chi connectivity index (χ3n) is 4.11. The van der Waals surface area contributed by atoms with Crippen molar-refractivity contribution in [3.05, 3.63) is 55.2 Å². The summed E-state index contributed by atoms with van der Waals surface area (Å²) in [5, 5.41) is 4.20. The van der Waals surface area contributed by atoms with Crippen molar-refractivity contribution in [2.75, 3.05) is 18.5 Å². The fourth-order valence-corrected chi connectivity index (χ4v) is 2.93. The maximum atomic E-state index is 5.74. The zero-order valence-electron chi connectivity index (χ0n) is 15.7. The average Bonchev–Trinajstić information content (AvgIpc) is 3.24. The second-order valence-electron chi connectivity index (χ2n) is 5.95. The second-order valence-corrected chi connectivity index (χ2v) is 5.95. The third-order valence-corrected chi connectivity index (χ3v) is 4.11. The van der Waals surface area contributed by atoms with Gasteiger partial charge in [0.2, 0.25) is 5.89 Å². The van der Waals surface area contributed by atoms with Gasteiger partial charge < -0.3 is 19.2 Å². The molecule has 142 valence electrons. The minimum Gasteiger partial charge on any atom is -0.490 e. The van der Waals surface area contributed by atoms with E-state index >= 15 is 0 Å². The first-order valence-electron chi connectivity index (χ1n) is 9.09.